The van der Waals surface area contributed by atoms with Gasteiger partial charge in [-0.1, -0.05) is 12.1 Å². The molecule has 0 spiro atoms. The normalized spacial score (nSPS) is 11.1. The Bertz CT molecular complexity index is 391. The zero-order valence-corrected chi connectivity index (χ0v) is 10.4. The fourth-order valence-electron chi connectivity index (χ4n) is 1.58. The van der Waals surface area contributed by atoms with Gasteiger partial charge in [0, 0.05) is 7.11 Å². The van der Waals surface area contributed by atoms with Crippen LogP contribution >= 0.6 is 0 Å². The zero-order valence-electron chi connectivity index (χ0n) is 10.4. The summed E-state index contributed by atoms with van der Waals surface area (Å²) in [4.78, 5) is 12.1. The lowest BCUT2D eigenvalue weighted by molar-refractivity contribution is 0.0820. The number of hydrogen-bond acceptors (Lipinski definition) is 4. The third-order valence-electron chi connectivity index (χ3n) is 2.28. The number of amides is 1. The maximum absolute atomic E-state index is 12.1. The van der Waals surface area contributed by atoms with E-state index in [1.165, 1.54) is 0 Å². The standard InChI is InChI=1S/C12H19N3O2/c1-12(2,8-17-3)14-11(16)9-6-4-5-7-10(9)15-13/h4-7,15H,8,13H2,1-3H3,(H,14,16). The number of hydrogen-bond donors (Lipinski definition) is 3. The number of ether oxygens (including phenoxy) is 1. The molecule has 4 N–H and O–H groups in total. The van der Waals surface area contributed by atoms with E-state index in [0.717, 1.165) is 0 Å². The minimum absolute atomic E-state index is 0.180. The van der Waals surface area contributed by atoms with Crippen LogP contribution in [-0.2, 0) is 4.74 Å². The largest absolute Gasteiger partial charge is 0.382 e. The average molecular weight is 237 g/mol. The predicted octanol–water partition coefficient (Wildman–Crippen LogP) is 1.13. The molecule has 1 aromatic rings. The second kappa shape index (κ2) is 5.65. The summed E-state index contributed by atoms with van der Waals surface area (Å²) in [7, 11) is 1.60. The second-order valence-electron chi connectivity index (χ2n) is 4.46. The third-order valence-corrected chi connectivity index (χ3v) is 2.28. The van der Waals surface area contributed by atoms with Crippen molar-refractivity contribution in [2.45, 2.75) is 19.4 Å². The number of methoxy groups -OCH3 is 1. The van der Waals surface area contributed by atoms with Gasteiger partial charge in [0.15, 0.2) is 0 Å². The maximum atomic E-state index is 12.1. The van der Waals surface area contributed by atoms with E-state index in [9.17, 15) is 4.79 Å². The summed E-state index contributed by atoms with van der Waals surface area (Å²) >= 11 is 0. The number of nitrogens with two attached hydrogens (primary N) is 1. The quantitative estimate of drug-likeness (QED) is 0.530. The molecular formula is C12H19N3O2. The molecule has 1 aromatic carbocycles. The molecule has 0 aromatic heterocycles. The molecule has 17 heavy (non-hydrogen) atoms. The van der Waals surface area contributed by atoms with E-state index in [1.807, 2.05) is 19.9 Å². The van der Waals surface area contributed by atoms with E-state index in [-0.39, 0.29) is 5.91 Å². The number of para-hydroxylation sites is 1. The van der Waals surface area contributed by atoms with Crippen molar-refractivity contribution in [2.75, 3.05) is 19.1 Å². The van der Waals surface area contributed by atoms with Crippen molar-refractivity contribution in [3.05, 3.63) is 29.8 Å². The van der Waals surface area contributed by atoms with Crippen LogP contribution in [-0.4, -0.2) is 25.2 Å². The van der Waals surface area contributed by atoms with E-state index in [0.29, 0.717) is 17.9 Å². The van der Waals surface area contributed by atoms with Crippen molar-refractivity contribution < 1.29 is 9.53 Å². The molecule has 0 heterocycles. The Morgan fingerprint density at radius 2 is 2.06 bits per heavy atom. The molecule has 0 unspecified atom stereocenters. The molecule has 5 nitrogen and oxygen atoms in total. The van der Waals surface area contributed by atoms with E-state index < -0.39 is 5.54 Å². The van der Waals surface area contributed by atoms with Gasteiger partial charge in [-0.15, -0.1) is 0 Å². The third kappa shape index (κ3) is 3.72. The predicted molar refractivity (Wildman–Crippen MR) is 67.7 cm³/mol. The highest BCUT2D eigenvalue weighted by atomic mass is 16.5. The highest BCUT2D eigenvalue weighted by Crippen LogP contribution is 2.14. The first-order valence-electron chi connectivity index (χ1n) is 5.37. The summed E-state index contributed by atoms with van der Waals surface area (Å²) in [6, 6.07) is 7.07. The Kier molecular flexibility index (Phi) is 4.48. The Morgan fingerprint density at radius 3 is 2.65 bits per heavy atom. The molecule has 1 rings (SSSR count). The minimum atomic E-state index is -0.423. The van der Waals surface area contributed by atoms with Crippen LogP contribution in [0.2, 0.25) is 0 Å². The van der Waals surface area contributed by atoms with Crippen molar-refractivity contribution >= 4 is 11.6 Å². The van der Waals surface area contributed by atoms with Gasteiger partial charge >= 0.3 is 0 Å². The number of hydrazine groups is 1. The molecule has 0 saturated carbocycles. The summed E-state index contributed by atoms with van der Waals surface area (Å²) < 4.78 is 5.04. The van der Waals surface area contributed by atoms with E-state index in [2.05, 4.69) is 10.7 Å². The van der Waals surface area contributed by atoms with Crippen LogP contribution in [0.15, 0.2) is 24.3 Å². The summed E-state index contributed by atoms with van der Waals surface area (Å²) in [6.45, 7) is 4.23. The first-order chi connectivity index (χ1) is 8.00. The van der Waals surface area contributed by atoms with Gasteiger partial charge in [-0.25, -0.2) is 0 Å². The van der Waals surface area contributed by atoms with Gasteiger partial charge in [-0.05, 0) is 26.0 Å². The molecular weight excluding hydrogens is 218 g/mol. The number of nitrogen functional groups attached to an aromatic ring is 1. The van der Waals surface area contributed by atoms with Crippen molar-refractivity contribution in [1.29, 1.82) is 0 Å². The fraction of sp³-hybridized carbons (Fsp3) is 0.417. The van der Waals surface area contributed by atoms with E-state index in [1.54, 1.807) is 25.3 Å². The summed E-state index contributed by atoms with van der Waals surface area (Å²) in [5.41, 5.74) is 3.19. The Morgan fingerprint density at radius 1 is 1.41 bits per heavy atom. The average Bonchev–Trinajstić information content (AvgIpc) is 2.28. The van der Waals surface area contributed by atoms with E-state index >= 15 is 0 Å². The van der Waals surface area contributed by atoms with Gasteiger partial charge in [0.1, 0.15) is 0 Å². The molecule has 0 aliphatic rings. The lowest BCUT2D eigenvalue weighted by atomic mass is 10.1. The van der Waals surface area contributed by atoms with Crippen LogP contribution in [0.25, 0.3) is 0 Å². The Balaban J connectivity index is 2.83. The fourth-order valence-corrected chi connectivity index (χ4v) is 1.58. The molecule has 0 saturated heterocycles. The number of anilines is 1. The SMILES string of the molecule is COCC(C)(C)NC(=O)c1ccccc1NN. The highest BCUT2D eigenvalue weighted by Gasteiger charge is 2.22. The summed E-state index contributed by atoms with van der Waals surface area (Å²) in [5.74, 6) is 5.18. The molecule has 0 fully saturated rings. The Labute approximate surface area is 101 Å². The van der Waals surface area contributed by atoms with Crippen LogP contribution in [0.4, 0.5) is 5.69 Å². The minimum Gasteiger partial charge on any atom is -0.382 e. The van der Waals surface area contributed by atoms with Gasteiger partial charge in [0.25, 0.3) is 5.91 Å². The number of carbonyl (C=O) groups excluding carboxylic acids is 1. The Hall–Kier alpha value is -1.59. The molecule has 94 valence electrons. The van der Waals surface area contributed by atoms with Crippen molar-refractivity contribution in [2.24, 2.45) is 5.84 Å². The summed E-state index contributed by atoms with van der Waals surface area (Å²) in [6.07, 6.45) is 0. The lowest BCUT2D eigenvalue weighted by Gasteiger charge is -2.25. The highest BCUT2D eigenvalue weighted by molar-refractivity contribution is 5.99. The topological polar surface area (TPSA) is 76.4 Å². The molecule has 0 bridgehead atoms. The number of benzene rings is 1. The molecule has 0 radical (unpaired) electrons. The second-order valence-corrected chi connectivity index (χ2v) is 4.46. The van der Waals surface area contributed by atoms with Gasteiger partial charge in [-0.3, -0.25) is 10.6 Å². The van der Waals surface area contributed by atoms with Crippen LogP contribution in [0, 0.1) is 0 Å². The van der Waals surface area contributed by atoms with Gasteiger partial charge < -0.3 is 15.5 Å². The van der Waals surface area contributed by atoms with Crippen molar-refractivity contribution in [3.63, 3.8) is 0 Å². The number of nitrogens with one attached hydrogen (secondary N) is 2. The zero-order chi connectivity index (χ0) is 12.9. The smallest absolute Gasteiger partial charge is 0.253 e. The van der Waals surface area contributed by atoms with Crippen LogP contribution < -0.4 is 16.6 Å². The molecule has 0 aliphatic heterocycles. The van der Waals surface area contributed by atoms with Crippen LogP contribution in [0.5, 0.6) is 0 Å². The van der Waals surface area contributed by atoms with Crippen LogP contribution in [0.1, 0.15) is 24.2 Å². The summed E-state index contributed by atoms with van der Waals surface area (Å²) in [5, 5.41) is 2.89. The van der Waals surface area contributed by atoms with Crippen LogP contribution in [0.3, 0.4) is 0 Å². The number of carbonyl (C=O) groups is 1. The van der Waals surface area contributed by atoms with Gasteiger partial charge in [0.05, 0.1) is 23.4 Å². The van der Waals surface area contributed by atoms with E-state index in [4.69, 9.17) is 10.6 Å². The molecule has 0 atom stereocenters. The van der Waals surface area contributed by atoms with Gasteiger partial charge in [0.2, 0.25) is 0 Å². The first kappa shape index (κ1) is 13.5. The van der Waals surface area contributed by atoms with Gasteiger partial charge in [-0.2, -0.15) is 0 Å². The molecule has 1 amide bonds. The monoisotopic (exact) mass is 237 g/mol. The molecule has 0 aliphatic carbocycles. The maximum Gasteiger partial charge on any atom is 0.253 e. The number of rotatable bonds is 5. The van der Waals surface area contributed by atoms with Crippen molar-refractivity contribution in [1.82, 2.24) is 5.32 Å². The lowest BCUT2D eigenvalue weighted by Crippen LogP contribution is -2.47. The first-order valence-corrected chi connectivity index (χ1v) is 5.37. The van der Waals surface area contributed by atoms with Crippen molar-refractivity contribution in [3.8, 4) is 0 Å². The molecule has 5 heteroatoms.